The second-order valence-corrected chi connectivity index (χ2v) is 4.09. The minimum atomic E-state index is -0.465. The minimum Gasteiger partial charge on any atom is -0.453 e. The van der Waals surface area contributed by atoms with Gasteiger partial charge in [-0.25, -0.2) is 0 Å². The number of morpholine rings is 1. The molecule has 0 spiro atoms. The van der Waals surface area contributed by atoms with E-state index in [9.17, 15) is 10.1 Å². The van der Waals surface area contributed by atoms with Gasteiger partial charge in [0.15, 0.2) is 5.75 Å². The van der Waals surface area contributed by atoms with E-state index in [1.165, 1.54) is 6.07 Å². The summed E-state index contributed by atoms with van der Waals surface area (Å²) in [6.07, 6.45) is -0.188. The number of hydrogen-bond acceptors (Lipinski definition) is 6. The summed E-state index contributed by atoms with van der Waals surface area (Å²) in [7, 11) is 0. The molecule has 2 aliphatic heterocycles. The van der Waals surface area contributed by atoms with Gasteiger partial charge in [-0.15, -0.1) is 0 Å². The van der Waals surface area contributed by atoms with E-state index in [4.69, 9.17) is 14.2 Å². The Bertz CT molecular complexity index is 485. The average Bonchev–Trinajstić information content (AvgIpc) is 2.86. The van der Waals surface area contributed by atoms with Crippen LogP contribution in [0.3, 0.4) is 0 Å². The molecule has 7 nitrogen and oxygen atoms in total. The van der Waals surface area contributed by atoms with E-state index in [0.717, 1.165) is 12.1 Å². The maximum Gasteiger partial charge on any atom is 0.315 e. The summed E-state index contributed by atoms with van der Waals surface area (Å²) in [4.78, 5) is 10.5. The van der Waals surface area contributed by atoms with E-state index in [0.29, 0.717) is 18.9 Å². The summed E-state index contributed by atoms with van der Waals surface area (Å²) >= 11 is 0. The predicted octanol–water partition coefficient (Wildman–Crippen LogP) is 0.984. The molecule has 1 aromatic carbocycles. The van der Waals surface area contributed by atoms with E-state index in [-0.39, 0.29) is 24.3 Å². The molecule has 1 fully saturated rings. The number of benzene rings is 1. The van der Waals surface area contributed by atoms with Gasteiger partial charge in [-0.3, -0.25) is 10.1 Å². The number of nitrogens with one attached hydrogen (secondary N) is 1. The first kappa shape index (κ1) is 11.2. The van der Waals surface area contributed by atoms with Crippen molar-refractivity contribution in [1.82, 2.24) is 5.32 Å². The second kappa shape index (κ2) is 4.43. The number of fused-ring (bicyclic) bond motifs is 1. The molecule has 1 atom stereocenters. The van der Waals surface area contributed by atoms with Crippen LogP contribution in [0.5, 0.6) is 11.5 Å². The lowest BCUT2D eigenvalue weighted by atomic mass is 10.1. The highest BCUT2D eigenvalue weighted by Crippen LogP contribution is 2.43. The molecule has 1 aromatic rings. The molecule has 1 N–H and O–H groups in total. The third-order valence-electron chi connectivity index (χ3n) is 2.97. The molecular weight excluding hydrogens is 240 g/mol. The van der Waals surface area contributed by atoms with E-state index < -0.39 is 4.92 Å². The Hall–Kier alpha value is -1.86. The fourth-order valence-corrected chi connectivity index (χ4v) is 2.11. The van der Waals surface area contributed by atoms with Gasteiger partial charge in [0, 0.05) is 19.2 Å². The van der Waals surface area contributed by atoms with Gasteiger partial charge in [0.1, 0.15) is 0 Å². The number of ether oxygens (including phenoxy) is 3. The molecule has 0 radical (unpaired) electrons. The molecule has 1 saturated heterocycles. The van der Waals surface area contributed by atoms with Crippen molar-refractivity contribution >= 4 is 5.69 Å². The molecule has 0 saturated carbocycles. The fourth-order valence-electron chi connectivity index (χ4n) is 2.11. The first-order valence-corrected chi connectivity index (χ1v) is 5.66. The van der Waals surface area contributed by atoms with Crippen molar-refractivity contribution in [3.05, 3.63) is 27.8 Å². The summed E-state index contributed by atoms with van der Waals surface area (Å²) in [5.41, 5.74) is 0.660. The van der Waals surface area contributed by atoms with Crippen molar-refractivity contribution in [2.24, 2.45) is 0 Å². The number of nitrogens with zero attached hydrogens (tertiary/aromatic N) is 1. The highest BCUT2D eigenvalue weighted by molar-refractivity contribution is 5.59. The number of nitro benzene ring substituents is 1. The quantitative estimate of drug-likeness (QED) is 0.624. The van der Waals surface area contributed by atoms with Crippen molar-refractivity contribution in [1.29, 1.82) is 0 Å². The second-order valence-electron chi connectivity index (χ2n) is 4.09. The van der Waals surface area contributed by atoms with Crippen LogP contribution >= 0.6 is 0 Å². The Balaban J connectivity index is 2.00. The maximum absolute atomic E-state index is 11.0. The molecule has 0 aromatic heterocycles. The molecule has 1 unspecified atom stereocenters. The summed E-state index contributed by atoms with van der Waals surface area (Å²) < 4.78 is 15.9. The molecule has 0 aliphatic carbocycles. The highest BCUT2D eigenvalue weighted by Gasteiger charge is 2.29. The summed E-state index contributed by atoms with van der Waals surface area (Å²) in [6, 6.07) is 3.23. The topological polar surface area (TPSA) is 82.9 Å². The van der Waals surface area contributed by atoms with Crippen molar-refractivity contribution in [3.63, 3.8) is 0 Å². The standard InChI is InChI=1S/C11H12N2O5/c14-13(15)8-3-7(10-5-12-1-2-16-10)4-9-11(8)18-6-17-9/h3-4,10,12H,1-2,5-6H2. The van der Waals surface area contributed by atoms with Gasteiger partial charge in [-0.05, 0) is 11.6 Å². The van der Waals surface area contributed by atoms with Gasteiger partial charge in [0.25, 0.3) is 0 Å². The lowest BCUT2D eigenvalue weighted by Crippen LogP contribution is -2.33. The van der Waals surface area contributed by atoms with Gasteiger partial charge in [-0.2, -0.15) is 0 Å². The largest absolute Gasteiger partial charge is 0.453 e. The smallest absolute Gasteiger partial charge is 0.315 e. The fraction of sp³-hybridized carbons (Fsp3) is 0.455. The third kappa shape index (κ3) is 1.87. The van der Waals surface area contributed by atoms with Crippen LogP contribution in [0.4, 0.5) is 5.69 Å². The molecule has 2 aliphatic rings. The van der Waals surface area contributed by atoms with Crippen molar-refractivity contribution in [2.75, 3.05) is 26.5 Å². The van der Waals surface area contributed by atoms with Crippen LogP contribution < -0.4 is 14.8 Å². The molecule has 96 valence electrons. The Morgan fingerprint density at radius 2 is 2.28 bits per heavy atom. The van der Waals surface area contributed by atoms with Gasteiger partial charge in [0.2, 0.25) is 12.5 Å². The Morgan fingerprint density at radius 3 is 3.00 bits per heavy atom. The zero-order chi connectivity index (χ0) is 12.5. The predicted molar refractivity (Wildman–Crippen MR) is 60.8 cm³/mol. The zero-order valence-corrected chi connectivity index (χ0v) is 9.55. The van der Waals surface area contributed by atoms with E-state index >= 15 is 0 Å². The zero-order valence-electron chi connectivity index (χ0n) is 9.55. The van der Waals surface area contributed by atoms with Gasteiger partial charge in [0.05, 0.1) is 17.6 Å². The van der Waals surface area contributed by atoms with Crippen LogP contribution in [0.1, 0.15) is 11.7 Å². The van der Waals surface area contributed by atoms with Crippen molar-refractivity contribution in [3.8, 4) is 11.5 Å². The molecule has 2 heterocycles. The third-order valence-corrected chi connectivity index (χ3v) is 2.97. The normalized spacial score (nSPS) is 21.9. The number of nitro groups is 1. The first-order valence-electron chi connectivity index (χ1n) is 5.66. The van der Waals surface area contributed by atoms with Crippen LogP contribution in [-0.4, -0.2) is 31.4 Å². The number of hydrogen-bond donors (Lipinski definition) is 1. The molecule has 0 amide bonds. The lowest BCUT2D eigenvalue weighted by molar-refractivity contribution is -0.385. The molecule has 18 heavy (non-hydrogen) atoms. The van der Waals surface area contributed by atoms with Gasteiger partial charge < -0.3 is 19.5 Å². The Labute approximate surface area is 103 Å². The van der Waals surface area contributed by atoms with Crippen LogP contribution in [-0.2, 0) is 4.74 Å². The SMILES string of the molecule is O=[N+]([O-])c1cc(C2CNCCO2)cc2c1OCO2. The van der Waals surface area contributed by atoms with E-state index in [1.54, 1.807) is 6.07 Å². The maximum atomic E-state index is 11.0. The van der Waals surface area contributed by atoms with Crippen LogP contribution in [0, 0.1) is 10.1 Å². The summed E-state index contributed by atoms with van der Waals surface area (Å²) in [5.74, 6) is 0.612. The van der Waals surface area contributed by atoms with Gasteiger partial charge in [-0.1, -0.05) is 0 Å². The highest BCUT2D eigenvalue weighted by atomic mass is 16.7. The van der Waals surface area contributed by atoms with Crippen LogP contribution in [0.2, 0.25) is 0 Å². The molecule has 7 heteroatoms. The summed E-state index contributed by atoms with van der Waals surface area (Å²) in [6.45, 7) is 2.04. The van der Waals surface area contributed by atoms with Crippen LogP contribution in [0.15, 0.2) is 12.1 Å². The van der Waals surface area contributed by atoms with Crippen molar-refractivity contribution < 1.29 is 19.1 Å². The Morgan fingerprint density at radius 1 is 1.39 bits per heavy atom. The monoisotopic (exact) mass is 252 g/mol. The average molecular weight is 252 g/mol. The molecular formula is C11H12N2O5. The minimum absolute atomic E-state index is 0.0173. The molecule has 0 bridgehead atoms. The van der Waals surface area contributed by atoms with E-state index in [1.807, 2.05) is 0 Å². The number of rotatable bonds is 2. The van der Waals surface area contributed by atoms with Crippen LogP contribution in [0.25, 0.3) is 0 Å². The van der Waals surface area contributed by atoms with Crippen molar-refractivity contribution in [2.45, 2.75) is 6.10 Å². The lowest BCUT2D eigenvalue weighted by Gasteiger charge is -2.23. The Kier molecular flexibility index (Phi) is 2.77. The molecule has 3 rings (SSSR count). The van der Waals surface area contributed by atoms with E-state index in [2.05, 4.69) is 5.32 Å². The van der Waals surface area contributed by atoms with Gasteiger partial charge >= 0.3 is 5.69 Å². The first-order chi connectivity index (χ1) is 8.75. The summed E-state index contributed by atoms with van der Waals surface area (Å²) in [5, 5.41) is 14.2.